The van der Waals surface area contributed by atoms with Crippen LogP contribution < -0.4 is 20.7 Å². The average Bonchev–Trinajstić information content (AvgIpc) is 3.14. The molecule has 2 aliphatic rings. The van der Waals surface area contributed by atoms with E-state index in [4.69, 9.17) is 24.3 Å². The molecule has 1 saturated carbocycles. The van der Waals surface area contributed by atoms with E-state index in [1.54, 1.807) is 39.1 Å². The number of nitrogens with zero attached hydrogens (tertiary/aromatic N) is 4. The third-order valence-corrected chi connectivity index (χ3v) is 7.94. The number of nitrogen functional groups attached to an aromatic ring is 1. The van der Waals surface area contributed by atoms with Crippen molar-refractivity contribution >= 4 is 36.6 Å². The molecule has 2 fully saturated rings. The number of halogens is 1. The summed E-state index contributed by atoms with van der Waals surface area (Å²) in [5.74, 6) is -0.269. The summed E-state index contributed by atoms with van der Waals surface area (Å²) in [6, 6.07) is 6.95. The van der Waals surface area contributed by atoms with E-state index >= 15 is 4.39 Å². The number of imidazole rings is 1. The summed E-state index contributed by atoms with van der Waals surface area (Å²) >= 11 is 0. The number of fused-ring (bicyclic) bond motifs is 2. The lowest BCUT2D eigenvalue weighted by atomic mass is 10.2. The SMILES string of the molecule is CNc1nc(N)nc2c1ncn2[C@@H]1O[C@@H]2C(O[P@@](=O)(N[C@H](C)C(=O)OC(C)C)Oc3ccccc3)[C@]2(O)[C@@H]1F. The molecule has 0 amide bonds. The van der Waals surface area contributed by atoms with Gasteiger partial charge in [-0.3, -0.25) is 13.9 Å². The Labute approximate surface area is 222 Å². The second-order valence-electron chi connectivity index (χ2n) is 9.51. The Morgan fingerprint density at radius 2 is 2.00 bits per heavy atom. The van der Waals surface area contributed by atoms with Crippen LogP contribution >= 0.6 is 7.75 Å². The number of ether oxygens (including phenoxy) is 2. The van der Waals surface area contributed by atoms with Gasteiger partial charge in [0.2, 0.25) is 5.95 Å². The van der Waals surface area contributed by atoms with Crippen molar-refractivity contribution in [3.8, 4) is 5.75 Å². The Balaban J connectivity index is 1.37. The molecule has 5 N–H and O–H groups in total. The van der Waals surface area contributed by atoms with Crippen LogP contribution in [0.25, 0.3) is 11.2 Å². The normalized spacial score (nSPS) is 28.1. The fraction of sp³-hybridized carbons (Fsp3) is 0.478. The van der Waals surface area contributed by atoms with E-state index in [1.807, 2.05) is 0 Å². The molecule has 1 unspecified atom stereocenters. The zero-order valence-electron chi connectivity index (χ0n) is 21.5. The van der Waals surface area contributed by atoms with E-state index in [-0.39, 0.29) is 17.3 Å². The number of esters is 1. The summed E-state index contributed by atoms with van der Waals surface area (Å²) in [5.41, 5.74) is 4.13. The lowest BCUT2D eigenvalue weighted by Gasteiger charge is -2.26. The van der Waals surface area contributed by atoms with Crippen molar-refractivity contribution < 1.29 is 37.4 Å². The summed E-state index contributed by atoms with van der Waals surface area (Å²) in [4.78, 5) is 24.7. The topological polar surface area (TPSA) is 185 Å². The van der Waals surface area contributed by atoms with Gasteiger partial charge in [0.05, 0.1) is 12.4 Å². The number of hydrogen-bond donors (Lipinski definition) is 4. The lowest BCUT2D eigenvalue weighted by molar-refractivity contribution is -0.149. The van der Waals surface area contributed by atoms with Crippen LogP contribution in [-0.4, -0.2) is 73.8 Å². The van der Waals surface area contributed by atoms with Crippen LogP contribution in [0.15, 0.2) is 36.7 Å². The number of anilines is 2. The second-order valence-corrected chi connectivity index (χ2v) is 11.2. The molecule has 1 saturated heterocycles. The first-order chi connectivity index (χ1) is 18.5. The summed E-state index contributed by atoms with van der Waals surface area (Å²) in [6.07, 6.45) is -5.05. The Kier molecular flexibility index (Phi) is 6.97. The van der Waals surface area contributed by atoms with Crippen LogP contribution in [-0.2, 0) is 23.4 Å². The molecule has 0 spiro atoms. The van der Waals surface area contributed by atoms with Gasteiger partial charge in [-0.05, 0) is 32.9 Å². The maximum absolute atomic E-state index is 15.7. The number of carbonyl (C=O) groups is 1. The minimum Gasteiger partial charge on any atom is -0.462 e. The van der Waals surface area contributed by atoms with E-state index in [9.17, 15) is 14.5 Å². The van der Waals surface area contributed by atoms with E-state index in [2.05, 4.69) is 25.4 Å². The van der Waals surface area contributed by atoms with Crippen molar-refractivity contribution in [1.82, 2.24) is 24.6 Å². The van der Waals surface area contributed by atoms with Crippen LogP contribution in [0.3, 0.4) is 0 Å². The number of para-hydroxylation sites is 1. The molecular formula is C23H29FN7O7P. The lowest BCUT2D eigenvalue weighted by Crippen LogP contribution is -2.38. The Bertz CT molecular complexity index is 1430. The number of benzene rings is 1. The molecular weight excluding hydrogens is 536 g/mol. The van der Waals surface area contributed by atoms with Crippen molar-refractivity contribution in [2.75, 3.05) is 18.1 Å². The highest BCUT2D eigenvalue weighted by Crippen LogP contribution is 2.62. The highest BCUT2D eigenvalue weighted by Gasteiger charge is 2.80. The van der Waals surface area contributed by atoms with Gasteiger partial charge in [0.1, 0.15) is 24.0 Å². The Morgan fingerprint density at radius 3 is 2.62 bits per heavy atom. The van der Waals surface area contributed by atoms with Crippen LogP contribution in [0.4, 0.5) is 16.2 Å². The fourth-order valence-corrected chi connectivity index (χ4v) is 6.10. The highest BCUT2D eigenvalue weighted by atomic mass is 31.2. The minimum atomic E-state index is -4.37. The maximum atomic E-state index is 15.7. The fourth-order valence-electron chi connectivity index (χ4n) is 4.39. The number of carbonyl (C=O) groups excluding carboxylic acids is 1. The number of rotatable bonds is 10. The number of hydrogen-bond acceptors (Lipinski definition) is 12. The van der Waals surface area contributed by atoms with Gasteiger partial charge in [0.15, 0.2) is 35.0 Å². The number of alkyl halides is 1. The Hall–Kier alpha value is -3.36. The largest absolute Gasteiger partial charge is 0.462 e. The number of aromatic nitrogens is 4. The number of aliphatic hydroxyl groups is 1. The molecule has 3 aromatic rings. The third kappa shape index (κ3) is 4.92. The van der Waals surface area contributed by atoms with Crippen LogP contribution in [0.2, 0.25) is 0 Å². The van der Waals surface area contributed by atoms with Crippen LogP contribution in [0.1, 0.15) is 27.0 Å². The molecule has 1 aromatic carbocycles. The predicted molar refractivity (Wildman–Crippen MR) is 136 cm³/mol. The van der Waals surface area contributed by atoms with Gasteiger partial charge < -0.3 is 30.2 Å². The molecule has 1 aliphatic carbocycles. The van der Waals surface area contributed by atoms with Gasteiger partial charge in [-0.25, -0.2) is 13.9 Å². The summed E-state index contributed by atoms with van der Waals surface area (Å²) in [5, 5.41) is 16.5. The molecule has 16 heteroatoms. The van der Waals surface area contributed by atoms with Gasteiger partial charge >= 0.3 is 13.7 Å². The molecule has 3 heterocycles. The first kappa shape index (κ1) is 27.2. The maximum Gasteiger partial charge on any atom is 0.459 e. The quantitative estimate of drug-likeness (QED) is 0.207. The monoisotopic (exact) mass is 565 g/mol. The molecule has 0 radical (unpaired) electrons. The van der Waals surface area contributed by atoms with E-state index < -0.39 is 56.1 Å². The zero-order chi connectivity index (χ0) is 28.1. The standard InChI is InChI=1S/C23H29FN7O7P/c1-11(2)35-21(32)12(3)30-39(34,37-13-8-6-5-7-9-13)38-17-16-23(17,33)15(24)20(36-16)31-10-27-14-18(26-4)28-22(25)29-19(14)31/h5-12,15-17,20,33H,1-4H3,(H,30,34)(H3,25,26,28,29)/t12-,15-,16-,17?,20-,23+,39-/m1/s1. The van der Waals surface area contributed by atoms with Crippen molar-refractivity contribution in [2.24, 2.45) is 0 Å². The van der Waals surface area contributed by atoms with Crippen molar-refractivity contribution in [2.45, 2.75) is 63.1 Å². The number of nitrogens with one attached hydrogen (secondary N) is 2. The number of nitrogens with two attached hydrogens (primary N) is 1. The first-order valence-corrected chi connectivity index (χ1v) is 13.7. The highest BCUT2D eigenvalue weighted by molar-refractivity contribution is 7.52. The summed E-state index contributed by atoms with van der Waals surface area (Å²) < 4.78 is 53.0. The van der Waals surface area contributed by atoms with E-state index in [0.717, 1.165) is 0 Å². The second kappa shape index (κ2) is 9.99. The van der Waals surface area contributed by atoms with Gasteiger partial charge in [-0.1, -0.05) is 18.2 Å². The molecule has 39 heavy (non-hydrogen) atoms. The molecule has 14 nitrogen and oxygen atoms in total. The van der Waals surface area contributed by atoms with Crippen molar-refractivity contribution in [1.29, 1.82) is 0 Å². The van der Waals surface area contributed by atoms with Crippen LogP contribution in [0, 0.1) is 0 Å². The van der Waals surface area contributed by atoms with Crippen molar-refractivity contribution in [3.05, 3.63) is 36.7 Å². The van der Waals surface area contributed by atoms with E-state index in [0.29, 0.717) is 11.3 Å². The summed E-state index contributed by atoms with van der Waals surface area (Å²) in [7, 11) is -2.75. The van der Waals surface area contributed by atoms with Gasteiger partial charge in [-0.2, -0.15) is 15.1 Å². The molecule has 210 valence electrons. The van der Waals surface area contributed by atoms with Gasteiger partial charge in [0.25, 0.3) is 0 Å². The minimum absolute atomic E-state index is 0.0673. The average molecular weight is 565 g/mol. The Morgan fingerprint density at radius 1 is 1.28 bits per heavy atom. The third-order valence-electron chi connectivity index (χ3n) is 6.28. The molecule has 1 aliphatic heterocycles. The van der Waals surface area contributed by atoms with Gasteiger partial charge in [-0.15, -0.1) is 0 Å². The molecule has 5 rings (SSSR count). The zero-order valence-corrected chi connectivity index (χ0v) is 22.4. The van der Waals surface area contributed by atoms with Crippen molar-refractivity contribution in [3.63, 3.8) is 0 Å². The molecule has 0 bridgehead atoms. The predicted octanol–water partition coefficient (Wildman–Crippen LogP) is 1.93. The molecule has 7 atom stereocenters. The smallest absolute Gasteiger partial charge is 0.459 e. The molecule has 2 aromatic heterocycles. The van der Waals surface area contributed by atoms with E-state index in [1.165, 1.54) is 30.0 Å². The first-order valence-electron chi connectivity index (χ1n) is 12.2. The van der Waals surface area contributed by atoms with Crippen LogP contribution in [0.5, 0.6) is 5.75 Å². The van der Waals surface area contributed by atoms with Gasteiger partial charge in [0, 0.05) is 7.05 Å². The summed E-state index contributed by atoms with van der Waals surface area (Å²) in [6.45, 7) is 4.75.